The first-order valence-electron chi connectivity index (χ1n) is 5.09. The van der Waals surface area contributed by atoms with Crippen molar-refractivity contribution in [2.24, 2.45) is 17.1 Å². The summed E-state index contributed by atoms with van der Waals surface area (Å²) in [5, 5.41) is 10.1. The monoisotopic (exact) mass is 195 g/mol. The van der Waals surface area contributed by atoms with Gasteiger partial charge in [-0.3, -0.25) is 0 Å². The minimum Gasteiger partial charge on any atom is -0.467 e. The van der Waals surface area contributed by atoms with Crippen molar-refractivity contribution in [3.05, 3.63) is 24.2 Å². The second-order valence-electron chi connectivity index (χ2n) is 4.50. The highest BCUT2D eigenvalue weighted by Crippen LogP contribution is 2.52. The van der Waals surface area contributed by atoms with Crippen LogP contribution in [0.4, 0.5) is 0 Å². The molecule has 0 spiro atoms. The molecule has 3 N–H and O–H groups in total. The number of aliphatic hydroxyl groups is 1. The summed E-state index contributed by atoms with van der Waals surface area (Å²) in [4.78, 5) is 0. The van der Waals surface area contributed by atoms with Crippen molar-refractivity contribution >= 4 is 0 Å². The molecule has 1 fully saturated rings. The smallest absolute Gasteiger partial charge is 0.132 e. The molecule has 0 saturated heterocycles. The molecular formula is C11H17NO2. The zero-order chi connectivity index (χ0) is 10.2. The zero-order valence-electron chi connectivity index (χ0n) is 8.44. The maximum absolute atomic E-state index is 10.1. The minimum absolute atomic E-state index is 0.142. The maximum Gasteiger partial charge on any atom is 0.132 e. The van der Waals surface area contributed by atoms with Gasteiger partial charge in [-0.05, 0) is 30.9 Å². The summed E-state index contributed by atoms with van der Waals surface area (Å²) in [6.45, 7) is 2.71. The summed E-state index contributed by atoms with van der Waals surface area (Å²) in [6.07, 6.45) is 3.03. The number of nitrogens with two attached hydrogens (primary N) is 1. The number of hydrogen-bond donors (Lipinski definition) is 2. The van der Waals surface area contributed by atoms with Crippen LogP contribution < -0.4 is 5.73 Å². The van der Waals surface area contributed by atoms with Crippen molar-refractivity contribution < 1.29 is 9.52 Å². The van der Waals surface area contributed by atoms with Crippen molar-refractivity contribution in [2.75, 3.05) is 6.54 Å². The third-order valence-corrected chi connectivity index (χ3v) is 3.31. The summed E-state index contributed by atoms with van der Waals surface area (Å²) in [5.74, 6) is 1.31. The van der Waals surface area contributed by atoms with Crippen LogP contribution in [-0.2, 0) is 0 Å². The van der Waals surface area contributed by atoms with E-state index < -0.39 is 6.10 Å². The van der Waals surface area contributed by atoms with E-state index in [2.05, 4.69) is 6.92 Å². The lowest BCUT2D eigenvalue weighted by Gasteiger charge is -2.48. The Balaban J connectivity index is 2.14. The molecule has 1 aliphatic rings. The van der Waals surface area contributed by atoms with Gasteiger partial charge in [0.05, 0.1) is 6.26 Å². The topological polar surface area (TPSA) is 59.4 Å². The fourth-order valence-electron chi connectivity index (χ4n) is 2.58. The lowest BCUT2D eigenvalue weighted by atomic mass is 9.59. The minimum atomic E-state index is -0.543. The molecule has 3 nitrogen and oxygen atoms in total. The van der Waals surface area contributed by atoms with Crippen LogP contribution in [0.15, 0.2) is 22.8 Å². The van der Waals surface area contributed by atoms with Gasteiger partial charge in [-0.1, -0.05) is 6.92 Å². The van der Waals surface area contributed by atoms with Crippen LogP contribution in [0.3, 0.4) is 0 Å². The molecule has 1 atom stereocenters. The maximum atomic E-state index is 10.1. The summed E-state index contributed by atoms with van der Waals surface area (Å²) < 4.78 is 5.21. The Kier molecular flexibility index (Phi) is 2.37. The van der Waals surface area contributed by atoms with E-state index in [9.17, 15) is 5.11 Å². The SMILES string of the molecule is CC1CC(CN)([C@@H](O)c2ccco2)C1. The Morgan fingerprint density at radius 3 is 2.86 bits per heavy atom. The standard InChI is InChI=1S/C11H17NO2/c1-8-5-11(6-8,7-12)10(13)9-3-2-4-14-9/h2-4,8,10,13H,5-7,12H2,1H3/t8?,10-,11?/m0/s1. The van der Waals surface area contributed by atoms with E-state index in [4.69, 9.17) is 10.2 Å². The Hall–Kier alpha value is -0.800. The summed E-state index contributed by atoms with van der Waals surface area (Å²) in [6, 6.07) is 3.61. The van der Waals surface area contributed by atoms with Crippen LogP contribution in [0.5, 0.6) is 0 Å². The summed E-state index contributed by atoms with van der Waals surface area (Å²) in [5.41, 5.74) is 5.59. The van der Waals surface area contributed by atoms with E-state index in [-0.39, 0.29) is 5.41 Å². The molecule has 1 saturated carbocycles. The van der Waals surface area contributed by atoms with Crippen LogP contribution in [-0.4, -0.2) is 11.7 Å². The first kappa shape index (κ1) is 9.74. The molecule has 2 rings (SSSR count). The van der Waals surface area contributed by atoms with Gasteiger partial charge in [0.15, 0.2) is 0 Å². The average molecular weight is 195 g/mol. The van der Waals surface area contributed by atoms with Crippen molar-refractivity contribution in [1.29, 1.82) is 0 Å². The normalized spacial score (nSPS) is 33.8. The van der Waals surface area contributed by atoms with E-state index in [0.717, 1.165) is 12.8 Å². The Morgan fingerprint density at radius 2 is 2.43 bits per heavy atom. The van der Waals surface area contributed by atoms with E-state index >= 15 is 0 Å². The quantitative estimate of drug-likeness (QED) is 0.771. The zero-order valence-corrected chi connectivity index (χ0v) is 8.44. The van der Waals surface area contributed by atoms with Crippen LogP contribution >= 0.6 is 0 Å². The molecule has 0 unspecified atom stereocenters. The molecule has 0 aromatic carbocycles. The molecular weight excluding hydrogens is 178 g/mol. The Labute approximate surface area is 83.9 Å². The van der Waals surface area contributed by atoms with E-state index in [0.29, 0.717) is 18.2 Å². The number of rotatable bonds is 3. The molecule has 0 amide bonds. The predicted molar refractivity (Wildman–Crippen MR) is 53.6 cm³/mol. The molecule has 1 aromatic heterocycles. The number of furan rings is 1. The average Bonchev–Trinajstić information content (AvgIpc) is 2.64. The highest BCUT2D eigenvalue weighted by atomic mass is 16.4. The van der Waals surface area contributed by atoms with Gasteiger partial charge in [0, 0.05) is 12.0 Å². The predicted octanol–water partition coefficient (Wildman–Crippen LogP) is 1.69. The summed E-state index contributed by atoms with van der Waals surface area (Å²) in [7, 11) is 0. The van der Waals surface area contributed by atoms with Crippen LogP contribution in [0.1, 0.15) is 31.6 Å². The van der Waals surface area contributed by atoms with Gasteiger partial charge < -0.3 is 15.3 Å². The van der Waals surface area contributed by atoms with Gasteiger partial charge in [0.2, 0.25) is 0 Å². The second-order valence-corrected chi connectivity index (χ2v) is 4.50. The van der Waals surface area contributed by atoms with Crippen molar-refractivity contribution in [3.63, 3.8) is 0 Å². The van der Waals surface area contributed by atoms with Gasteiger partial charge in [-0.15, -0.1) is 0 Å². The molecule has 0 aliphatic heterocycles. The lowest BCUT2D eigenvalue weighted by molar-refractivity contribution is -0.0700. The van der Waals surface area contributed by atoms with E-state index in [1.807, 2.05) is 6.07 Å². The van der Waals surface area contributed by atoms with E-state index in [1.165, 1.54) is 0 Å². The lowest BCUT2D eigenvalue weighted by Crippen LogP contribution is -2.46. The molecule has 1 aliphatic carbocycles. The highest BCUT2D eigenvalue weighted by Gasteiger charge is 2.47. The first-order chi connectivity index (χ1) is 6.68. The van der Waals surface area contributed by atoms with E-state index in [1.54, 1.807) is 12.3 Å². The van der Waals surface area contributed by atoms with Gasteiger partial charge >= 0.3 is 0 Å². The second kappa shape index (κ2) is 3.41. The van der Waals surface area contributed by atoms with Gasteiger partial charge in [0.25, 0.3) is 0 Å². The van der Waals surface area contributed by atoms with Crippen molar-refractivity contribution in [2.45, 2.75) is 25.9 Å². The molecule has 0 bridgehead atoms. The van der Waals surface area contributed by atoms with Crippen molar-refractivity contribution in [3.8, 4) is 0 Å². The van der Waals surface area contributed by atoms with Crippen molar-refractivity contribution in [1.82, 2.24) is 0 Å². The highest BCUT2D eigenvalue weighted by molar-refractivity contribution is 5.10. The molecule has 78 valence electrons. The fraction of sp³-hybridized carbons (Fsp3) is 0.636. The van der Waals surface area contributed by atoms with Gasteiger partial charge in [-0.25, -0.2) is 0 Å². The number of aliphatic hydroxyl groups excluding tert-OH is 1. The third-order valence-electron chi connectivity index (χ3n) is 3.31. The van der Waals surface area contributed by atoms with Gasteiger partial charge in [-0.2, -0.15) is 0 Å². The molecule has 1 aromatic rings. The molecule has 3 heteroatoms. The molecule has 14 heavy (non-hydrogen) atoms. The Morgan fingerprint density at radius 1 is 1.71 bits per heavy atom. The van der Waals surface area contributed by atoms with Gasteiger partial charge in [0.1, 0.15) is 11.9 Å². The Bertz CT molecular complexity index is 288. The first-order valence-corrected chi connectivity index (χ1v) is 5.09. The molecule has 0 radical (unpaired) electrons. The summed E-state index contributed by atoms with van der Waals surface area (Å²) >= 11 is 0. The van der Waals surface area contributed by atoms with Crippen LogP contribution in [0.25, 0.3) is 0 Å². The molecule has 1 heterocycles. The van der Waals surface area contributed by atoms with Crippen LogP contribution in [0, 0.1) is 11.3 Å². The number of hydrogen-bond acceptors (Lipinski definition) is 3. The fourth-order valence-corrected chi connectivity index (χ4v) is 2.58. The largest absolute Gasteiger partial charge is 0.467 e. The van der Waals surface area contributed by atoms with Crippen LogP contribution in [0.2, 0.25) is 0 Å². The third kappa shape index (κ3) is 1.37.